The molecule has 2 fully saturated rings. The van der Waals surface area contributed by atoms with Crippen molar-refractivity contribution in [1.29, 1.82) is 0 Å². The number of hydrogen-bond acceptors (Lipinski definition) is 6. The molecule has 2 heterocycles. The number of carbonyl (C=O) groups excluding carboxylic acids is 1. The van der Waals surface area contributed by atoms with Crippen LogP contribution in [0, 0.1) is 0 Å². The van der Waals surface area contributed by atoms with Gasteiger partial charge >= 0.3 is 0 Å². The Morgan fingerprint density at radius 2 is 1.81 bits per heavy atom. The summed E-state index contributed by atoms with van der Waals surface area (Å²) in [6, 6.07) is 5.97. The minimum Gasteiger partial charge on any atom is -0.383 e. The highest BCUT2D eigenvalue weighted by Crippen LogP contribution is 2.33. The lowest BCUT2D eigenvalue weighted by Crippen LogP contribution is -2.47. The number of piperidine rings is 1. The maximum atomic E-state index is 12.8. The van der Waals surface area contributed by atoms with Gasteiger partial charge in [-0.05, 0) is 24.3 Å². The molecule has 3 rings (SSSR count). The Labute approximate surface area is 153 Å². The third-order valence-corrected chi connectivity index (χ3v) is 6.56. The first-order valence-corrected chi connectivity index (χ1v) is 10.1. The van der Waals surface area contributed by atoms with Crippen molar-refractivity contribution in [3.8, 4) is 0 Å². The molecule has 0 saturated carbocycles. The van der Waals surface area contributed by atoms with Crippen molar-refractivity contribution in [1.82, 2.24) is 9.62 Å². The number of benzene rings is 1. The van der Waals surface area contributed by atoms with Crippen LogP contribution in [-0.2, 0) is 24.2 Å². The summed E-state index contributed by atoms with van der Waals surface area (Å²) < 4.78 is 43.2. The molecular formula is C17H24N2O6S. The van der Waals surface area contributed by atoms with E-state index in [0.29, 0.717) is 57.9 Å². The Morgan fingerprint density at radius 3 is 2.38 bits per heavy atom. The number of nitrogens with one attached hydrogen (secondary N) is 1. The molecule has 1 amide bonds. The molecule has 0 atom stereocenters. The number of methoxy groups -OCH3 is 1. The quantitative estimate of drug-likeness (QED) is 0.722. The zero-order valence-corrected chi connectivity index (χ0v) is 15.6. The predicted octanol–water partition coefficient (Wildman–Crippen LogP) is 0.590. The molecule has 0 radical (unpaired) electrons. The van der Waals surface area contributed by atoms with E-state index >= 15 is 0 Å². The van der Waals surface area contributed by atoms with Crippen molar-refractivity contribution in [2.24, 2.45) is 0 Å². The number of nitrogens with zero attached hydrogens (tertiary/aromatic N) is 1. The molecule has 2 aliphatic heterocycles. The molecule has 9 heteroatoms. The maximum Gasteiger partial charge on any atom is 0.251 e. The number of amides is 1. The average molecular weight is 384 g/mol. The molecule has 2 aliphatic rings. The van der Waals surface area contributed by atoms with E-state index in [-0.39, 0.29) is 10.8 Å². The largest absolute Gasteiger partial charge is 0.383 e. The molecule has 8 nitrogen and oxygen atoms in total. The normalized spacial score (nSPS) is 20.3. The van der Waals surface area contributed by atoms with Crippen LogP contribution < -0.4 is 5.32 Å². The van der Waals surface area contributed by atoms with E-state index in [0.717, 1.165) is 0 Å². The first-order chi connectivity index (χ1) is 12.5. The fraction of sp³-hybridized carbons (Fsp3) is 0.588. The highest BCUT2D eigenvalue weighted by molar-refractivity contribution is 7.89. The molecule has 0 aliphatic carbocycles. The predicted molar refractivity (Wildman–Crippen MR) is 93.3 cm³/mol. The second-order valence-electron chi connectivity index (χ2n) is 6.28. The SMILES string of the molecule is COCCNC(=O)c1ccc(S(=O)(=O)N2CCC3(CC2)OCCO3)cc1. The first kappa shape index (κ1) is 19.2. The van der Waals surface area contributed by atoms with Crippen molar-refractivity contribution in [3.63, 3.8) is 0 Å². The van der Waals surface area contributed by atoms with Crippen molar-refractivity contribution in [2.75, 3.05) is 46.6 Å². The summed E-state index contributed by atoms with van der Waals surface area (Å²) in [5.41, 5.74) is 0.408. The standard InChI is InChI=1S/C17H24N2O6S/c1-23-11-8-18-16(20)14-2-4-15(5-3-14)26(21,22)19-9-6-17(7-10-19)24-12-13-25-17/h2-5H,6-13H2,1H3,(H,18,20). The minimum atomic E-state index is -3.60. The topological polar surface area (TPSA) is 94.2 Å². The van der Waals surface area contributed by atoms with Crippen LogP contribution in [0.4, 0.5) is 0 Å². The van der Waals surface area contributed by atoms with Crippen LogP contribution in [0.15, 0.2) is 29.2 Å². The Morgan fingerprint density at radius 1 is 1.19 bits per heavy atom. The van der Waals surface area contributed by atoms with Gasteiger partial charge in [-0.3, -0.25) is 4.79 Å². The smallest absolute Gasteiger partial charge is 0.251 e. The van der Waals surface area contributed by atoms with Crippen molar-refractivity contribution < 1.29 is 27.4 Å². The maximum absolute atomic E-state index is 12.8. The van der Waals surface area contributed by atoms with Crippen LogP contribution in [0.5, 0.6) is 0 Å². The third kappa shape index (κ3) is 4.07. The van der Waals surface area contributed by atoms with Crippen LogP contribution in [0.2, 0.25) is 0 Å². The van der Waals surface area contributed by atoms with Gasteiger partial charge in [0.2, 0.25) is 10.0 Å². The second-order valence-corrected chi connectivity index (χ2v) is 8.22. The van der Waals surface area contributed by atoms with Gasteiger partial charge in [-0.25, -0.2) is 8.42 Å². The highest BCUT2D eigenvalue weighted by atomic mass is 32.2. The fourth-order valence-electron chi connectivity index (χ4n) is 3.15. The van der Waals surface area contributed by atoms with Crippen molar-refractivity contribution in [2.45, 2.75) is 23.5 Å². The van der Waals surface area contributed by atoms with Crippen LogP contribution in [0.1, 0.15) is 23.2 Å². The highest BCUT2D eigenvalue weighted by Gasteiger charge is 2.42. The summed E-state index contributed by atoms with van der Waals surface area (Å²) in [6.07, 6.45) is 1.04. The first-order valence-electron chi connectivity index (χ1n) is 8.62. The van der Waals surface area contributed by atoms with Crippen LogP contribution in [0.25, 0.3) is 0 Å². The molecule has 1 N–H and O–H groups in total. The molecule has 0 unspecified atom stereocenters. The van der Waals surface area contributed by atoms with Gasteiger partial charge < -0.3 is 19.5 Å². The summed E-state index contributed by atoms with van der Waals surface area (Å²) in [5, 5.41) is 2.70. The summed E-state index contributed by atoms with van der Waals surface area (Å²) in [4.78, 5) is 12.1. The van der Waals surface area contributed by atoms with Gasteiger partial charge in [0.1, 0.15) is 0 Å². The molecule has 1 aromatic rings. The number of carbonyl (C=O) groups is 1. The number of ether oxygens (including phenoxy) is 3. The fourth-order valence-corrected chi connectivity index (χ4v) is 4.59. The molecule has 2 saturated heterocycles. The number of rotatable bonds is 6. The van der Waals surface area contributed by atoms with Gasteiger partial charge in [0.15, 0.2) is 5.79 Å². The lowest BCUT2D eigenvalue weighted by Gasteiger charge is -2.36. The molecule has 0 aromatic heterocycles. The van der Waals surface area contributed by atoms with Gasteiger partial charge in [-0.2, -0.15) is 4.31 Å². The number of hydrogen-bond donors (Lipinski definition) is 1. The van der Waals surface area contributed by atoms with E-state index in [9.17, 15) is 13.2 Å². The van der Waals surface area contributed by atoms with Gasteiger partial charge in [0.25, 0.3) is 5.91 Å². The molecular weight excluding hydrogens is 360 g/mol. The zero-order valence-electron chi connectivity index (χ0n) is 14.8. The van der Waals surface area contributed by atoms with Gasteiger partial charge in [-0.15, -0.1) is 0 Å². The van der Waals surface area contributed by atoms with E-state index in [2.05, 4.69) is 5.32 Å². The Hall–Kier alpha value is -1.52. The Kier molecular flexibility index (Phi) is 5.93. The summed E-state index contributed by atoms with van der Waals surface area (Å²) in [7, 11) is -2.05. The van der Waals surface area contributed by atoms with E-state index in [1.807, 2.05) is 0 Å². The molecule has 1 spiro atoms. The lowest BCUT2D eigenvalue weighted by molar-refractivity contribution is -0.179. The lowest BCUT2D eigenvalue weighted by atomic mass is 10.1. The average Bonchev–Trinajstić information content (AvgIpc) is 3.10. The van der Waals surface area contributed by atoms with Crippen molar-refractivity contribution >= 4 is 15.9 Å². The van der Waals surface area contributed by atoms with E-state index in [4.69, 9.17) is 14.2 Å². The van der Waals surface area contributed by atoms with Crippen LogP contribution in [-0.4, -0.2) is 71.0 Å². The minimum absolute atomic E-state index is 0.176. The zero-order chi connectivity index (χ0) is 18.6. The number of sulfonamides is 1. The summed E-state index contributed by atoms with van der Waals surface area (Å²) in [6.45, 7) is 2.63. The summed E-state index contributed by atoms with van der Waals surface area (Å²) in [5.74, 6) is -0.877. The molecule has 144 valence electrons. The van der Waals surface area contributed by atoms with Crippen LogP contribution >= 0.6 is 0 Å². The van der Waals surface area contributed by atoms with Crippen molar-refractivity contribution in [3.05, 3.63) is 29.8 Å². The van der Waals surface area contributed by atoms with E-state index in [1.54, 1.807) is 7.11 Å². The van der Waals surface area contributed by atoms with Gasteiger partial charge in [0, 0.05) is 45.1 Å². The Bertz CT molecular complexity index is 718. The van der Waals surface area contributed by atoms with Gasteiger partial charge in [0.05, 0.1) is 24.7 Å². The van der Waals surface area contributed by atoms with E-state index < -0.39 is 15.8 Å². The summed E-state index contributed by atoms with van der Waals surface area (Å²) >= 11 is 0. The van der Waals surface area contributed by atoms with Gasteiger partial charge in [-0.1, -0.05) is 0 Å². The molecule has 1 aromatic carbocycles. The van der Waals surface area contributed by atoms with E-state index in [1.165, 1.54) is 28.6 Å². The monoisotopic (exact) mass is 384 g/mol. The molecule has 0 bridgehead atoms. The second kappa shape index (κ2) is 8.01. The van der Waals surface area contributed by atoms with Crippen LogP contribution in [0.3, 0.4) is 0 Å². The molecule has 26 heavy (non-hydrogen) atoms. The third-order valence-electron chi connectivity index (χ3n) is 4.64. The Balaban J connectivity index is 1.63.